The van der Waals surface area contributed by atoms with Crippen molar-refractivity contribution in [3.05, 3.63) is 83.9 Å². The zero-order valence-electron chi connectivity index (χ0n) is 16.4. The van der Waals surface area contributed by atoms with Crippen LogP contribution in [0, 0.1) is 0 Å². The van der Waals surface area contributed by atoms with Gasteiger partial charge in [0.05, 0.1) is 20.0 Å². The molecule has 0 radical (unpaired) electrons. The Morgan fingerprint density at radius 1 is 1.07 bits per heavy atom. The fraction of sp³-hybridized carbons (Fsp3) is 0.273. The first-order chi connectivity index (χ1) is 13.8. The molecule has 6 heteroatoms. The summed E-state index contributed by atoms with van der Waals surface area (Å²) in [7, 11) is 1.67. The molecule has 2 N–H and O–H groups in total. The van der Waals surface area contributed by atoms with Crippen LogP contribution in [0.3, 0.4) is 0 Å². The second-order valence-corrected chi connectivity index (χ2v) is 6.45. The van der Waals surface area contributed by atoms with Crippen molar-refractivity contribution in [2.45, 2.75) is 26.6 Å². The molecule has 0 amide bonds. The van der Waals surface area contributed by atoms with E-state index in [1.807, 2.05) is 24.7 Å². The average Bonchev–Trinajstić information content (AvgIpc) is 3.24. The smallest absolute Gasteiger partial charge is 0.191 e. The third kappa shape index (κ3) is 5.87. The Labute approximate surface area is 166 Å². The van der Waals surface area contributed by atoms with E-state index in [1.54, 1.807) is 13.3 Å². The van der Waals surface area contributed by atoms with Crippen molar-refractivity contribution < 1.29 is 4.74 Å². The number of nitrogens with zero attached hydrogens (tertiary/aromatic N) is 3. The van der Waals surface area contributed by atoms with Crippen LogP contribution in [-0.4, -0.2) is 29.2 Å². The molecule has 6 nitrogen and oxygen atoms in total. The van der Waals surface area contributed by atoms with Crippen LogP contribution in [0.1, 0.15) is 23.6 Å². The van der Waals surface area contributed by atoms with E-state index >= 15 is 0 Å². The molecule has 1 aromatic heterocycles. The number of nitrogens with one attached hydrogen (secondary N) is 2. The van der Waals surface area contributed by atoms with Crippen LogP contribution in [0.2, 0.25) is 0 Å². The van der Waals surface area contributed by atoms with Gasteiger partial charge in [-0.2, -0.15) is 0 Å². The van der Waals surface area contributed by atoms with Crippen LogP contribution in [-0.2, 0) is 19.6 Å². The van der Waals surface area contributed by atoms with Gasteiger partial charge in [0.2, 0.25) is 0 Å². The minimum Gasteiger partial charge on any atom is -0.497 e. The van der Waals surface area contributed by atoms with Crippen molar-refractivity contribution >= 4 is 5.96 Å². The van der Waals surface area contributed by atoms with Gasteiger partial charge >= 0.3 is 0 Å². The largest absolute Gasteiger partial charge is 0.497 e. The molecular formula is C22H27N5O. The van der Waals surface area contributed by atoms with E-state index in [1.165, 1.54) is 16.7 Å². The quantitative estimate of drug-likeness (QED) is 0.467. The maximum atomic E-state index is 5.20. The molecular weight excluding hydrogens is 350 g/mol. The Balaban J connectivity index is 1.60. The predicted molar refractivity (Wildman–Crippen MR) is 112 cm³/mol. The number of imidazole rings is 1. The highest BCUT2D eigenvalue weighted by Crippen LogP contribution is 2.11. The molecule has 0 saturated carbocycles. The summed E-state index contributed by atoms with van der Waals surface area (Å²) in [6.07, 6.45) is 5.60. The third-order valence-electron chi connectivity index (χ3n) is 4.30. The Morgan fingerprint density at radius 3 is 2.61 bits per heavy atom. The molecule has 0 aliphatic heterocycles. The lowest BCUT2D eigenvalue weighted by Gasteiger charge is -2.12. The van der Waals surface area contributed by atoms with Gasteiger partial charge in [0, 0.05) is 32.0 Å². The second kappa shape index (κ2) is 10.2. The van der Waals surface area contributed by atoms with Crippen molar-refractivity contribution in [3.63, 3.8) is 0 Å². The molecule has 3 aromatic rings. The van der Waals surface area contributed by atoms with Gasteiger partial charge < -0.3 is 19.9 Å². The number of benzene rings is 2. The number of rotatable bonds is 8. The zero-order valence-corrected chi connectivity index (χ0v) is 16.4. The minimum absolute atomic E-state index is 0.621. The highest BCUT2D eigenvalue weighted by molar-refractivity contribution is 5.79. The Bertz CT molecular complexity index is 872. The fourth-order valence-corrected chi connectivity index (χ4v) is 2.86. The van der Waals surface area contributed by atoms with E-state index in [-0.39, 0.29) is 0 Å². The lowest BCUT2D eigenvalue weighted by atomic mass is 10.1. The molecule has 0 fully saturated rings. The van der Waals surface area contributed by atoms with Gasteiger partial charge in [-0.1, -0.05) is 36.4 Å². The Kier molecular flexibility index (Phi) is 7.07. The van der Waals surface area contributed by atoms with Crippen molar-refractivity contribution in [2.75, 3.05) is 13.7 Å². The molecule has 0 bridgehead atoms. The first-order valence-electron chi connectivity index (χ1n) is 9.45. The summed E-state index contributed by atoms with van der Waals surface area (Å²) in [6, 6.07) is 16.5. The van der Waals surface area contributed by atoms with Crippen molar-refractivity contribution in [2.24, 2.45) is 4.99 Å². The summed E-state index contributed by atoms with van der Waals surface area (Å²) in [5.41, 5.74) is 3.59. The summed E-state index contributed by atoms with van der Waals surface area (Å²) in [4.78, 5) is 8.81. The molecule has 2 aromatic carbocycles. The molecule has 0 unspecified atom stereocenters. The van der Waals surface area contributed by atoms with Gasteiger partial charge in [0.25, 0.3) is 0 Å². The van der Waals surface area contributed by atoms with Crippen LogP contribution >= 0.6 is 0 Å². The third-order valence-corrected chi connectivity index (χ3v) is 4.30. The number of guanidine groups is 1. The maximum Gasteiger partial charge on any atom is 0.191 e. The molecule has 0 atom stereocenters. The summed E-state index contributed by atoms with van der Waals surface area (Å²) in [5, 5.41) is 6.68. The average molecular weight is 377 g/mol. The molecule has 0 saturated heterocycles. The van der Waals surface area contributed by atoms with Gasteiger partial charge in [0.1, 0.15) is 5.75 Å². The number of hydrogen-bond acceptors (Lipinski definition) is 3. The summed E-state index contributed by atoms with van der Waals surface area (Å²) < 4.78 is 7.26. The molecule has 1 heterocycles. The molecule has 0 aliphatic carbocycles. The van der Waals surface area contributed by atoms with E-state index in [0.717, 1.165) is 24.8 Å². The number of ether oxygens (including phenoxy) is 1. The summed E-state index contributed by atoms with van der Waals surface area (Å²) >= 11 is 0. The van der Waals surface area contributed by atoms with E-state index < -0.39 is 0 Å². The van der Waals surface area contributed by atoms with Crippen LogP contribution in [0.25, 0.3) is 0 Å². The van der Waals surface area contributed by atoms with Crippen LogP contribution in [0.5, 0.6) is 5.75 Å². The normalized spacial score (nSPS) is 11.3. The van der Waals surface area contributed by atoms with E-state index in [0.29, 0.717) is 13.1 Å². The Morgan fingerprint density at radius 2 is 1.89 bits per heavy atom. The number of aliphatic imine (C=N–C) groups is 1. The minimum atomic E-state index is 0.621. The van der Waals surface area contributed by atoms with Crippen LogP contribution in [0.15, 0.2) is 72.2 Å². The van der Waals surface area contributed by atoms with E-state index in [2.05, 4.69) is 63.5 Å². The standard InChI is InChI=1S/C22H27N5O/c1-3-24-22(25-14-18-7-9-21(28-2)10-8-18)26-15-19-5-4-6-20(13-19)16-27-12-11-23-17-27/h4-13,17H,3,14-16H2,1-2H3,(H2,24,25,26). The van der Waals surface area contributed by atoms with Gasteiger partial charge in [-0.25, -0.2) is 9.98 Å². The van der Waals surface area contributed by atoms with Crippen LogP contribution < -0.4 is 15.4 Å². The lowest BCUT2D eigenvalue weighted by molar-refractivity contribution is 0.414. The predicted octanol–water partition coefficient (Wildman–Crippen LogP) is 3.20. The Hall–Kier alpha value is -3.28. The van der Waals surface area contributed by atoms with Crippen LogP contribution in [0.4, 0.5) is 0 Å². The molecule has 3 rings (SSSR count). The molecule has 0 aliphatic rings. The number of methoxy groups -OCH3 is 1. The van der Waals surface area contributed by atoms with Crippen molar-refractivity contribution in [3.8, 4) is 5.75 Å². The SMILES string of the molecule is CCNC(=NCc1cccc(Cn2ccnc2)c1)NCc1ccc(OC)cc1. The molecule has 28 heavy (non-hydrogen) atoms. The van der Waals surface area contributed by atoms with E-state index in [9.17, 15) is 0 Å². The summed E-state index contributed by atoms with van der Waals surface area (Å²) in [5.74, 6) is 1.67. The van der Waals surface area contributed by atoms with Gasteiger partial charge in [0.15, 0.2) is 5.96 Å². The number of hydrogen-bond donors (Lipinski definition) is 2. The highest BCUT2D eigenvalue weighted by atomic mass is 16.5. The lowest BCUT2D eigenvalue weighted by Crippen LogP contribution is -2.36. The monoisotopic (exact) mass is 377 g/mol. The first kappa shape index (κ1) is 19.5. The fourth-order valence-electron chi connectivity index (χ4n) is 2.86. The second-order valence-electron chi connectivity index (χ2n) is 6.45. The zero-order chi connectivity index (χ0) is 19.6. The van der Waals surface area contributed by atoms with Gasteiger partial charge in [-0.15, -0.1) is 0 Å². The molecule has 0 spiro atoms. The maximum absolute atomic E-state index is 5.20. The topological polar surface area (TPSA) is 63.5 Å². The molecule has 146 valence electrons. The van der Waals surface area contributed by atoms with Gasteiger partial charge in [-0.3, -0.25) is 0 Å². The van der Waals surface area contributed by atoms with Gasteiger partial charge in [-0.05, 0) is 35.7 Å². The van der Waals surface area contributed by atoms with Crippen molar-refractivity contribution in [1.29, 1.82) is 0 Å². The highest BCUT2D eigenvalue weighted by Gasteiger charge is 2.01. The van der Waals surface area contributed by atoms with Crippen molar-refractivity contribution in [1.82, 2.24) is 20.2 Å². The number of aromatic nitrogens is 2. The summed E-state index contributed by atoms with van der Waals surface area (Å²) in [6.45, 7) is 5.02. The first-order valence-corrected chi connectivity index (χ1v) is 9.45. The van der Waals surface area contributed by atoms with E-state index in [4.69, 9.17) is 9.73 Å².